The molecule has 3 aliphatic rings. The molecule has 1 heterocycles. The Morgan fingerprint density at radius 2 is 1.41 bits per heavy atom. The molecule has 1 atom stereocenters. The summed E-state index contributed by atoms with van der Waals surface area (Å²) >= 11 is -2.07. The normalized spacial score (nSPS) is 21.3. The Hall–Kier alpha value is -0.786. The van der Waals surface area contributed by atoms with Gasteiger partial charge in [-0.15, -0.1) is 24.8 Å². The Morgan fingerprint density at radius 1 is 0.852 bits per heavy atom. The van der Waals surface area contributed by atoms with Gasteiger partial charge in [-0.25, -0.2) is 0 Å². The van der Waals surface area contributed by atoms with Gasteiger partial charge in [0.2, 0.25) is 0 Å². The third kappa shape index (κ3) is 3.01. The quantitative estimate of drug-likeness (QED) is 0.429. The molecule has 1 fully saturated rings. The predicted molar refractivity (Wildman–Crippen MR) is 118 cm³/mol. The maximum atomic E-state index is 2.52. The number of halogens is 2. The van der Waals surface area contributed by atoms with Gasteiger partial charge in [0.15, 0.2) is 0 Å². The van der Waals surface area contributed by atoms with Crippen LogP contribution in [0.25, 0.3) is 11.1 Å². The van der Waals surface area contributed by atoms with Crippen molar-refractivity contribution < 1.29 is 16.6 Å². The van der Waals surface area contributed by atoms with Crippen LogP contribution in [-0.4, -0.2) is 0 Å². The zero-order valence-corrected chi connectivity index (χ0v) is 19.3. The maximum absolute atomic E-state index is 2.52. The van der Waals surface area contributed by atoms with E-state index < -0.39 is 16.6 Å². The average molecular weight is 435 g/mol. The average Bonchev–Trinajstić information content (AvgIpc) is 3.21. The van der Waals surface area contributed by atoms with Crippen molar-refractivity contribution in [2.24, 2.45) is 5.92 Å². The maximum Gasteiger partial charge on any atom is -0.147 e. The van der Waals surface area contributed by atoms with Crippen molar-refractivity contribution in [2.45, 2.75) is 40.4 Å². The van der Waals surface area contributed by atoms with Crippen LogP contribution in [0.3, 0.4) is 0 Å². The summed E-state index contributed by atoms with van der Waals surface area (Å²) in [6.45, 7) is 4.73. The molecule has 0 N–H and O–H groups in total. The van der Waals surface area contributed by atoms with Crippen LogP contribution >= 0.6 is 24.8 Å². The van der Waals surface area contributed by atoms with Crippen LogP contribution in [-0.2, 0) is 16.6 Å². The van der Waals surface area contributed by atoms with Crippen molar-refractivity contribution in [3.8, 4) is 11.1 Å². The van der Waals surface area contributed by atoms with E-state index >= 15 is 0 Å². The van der Waals surface area contributed by atoms with Crippen molar-refractivity contribution in [3.63, 3.8) is 0 Å². The molecule has 0 amide bonds. The van der Waals surface area contributed by atoms with Gasteiger partial charge in [0.1, 0.15) is 0 Å². The molecule has 1 saturated heterocycles. The van der Waals surface area contributed by atoms with E-state index in [2.05, 4.69) is 74.5 Å². The van der Waals surface area contributed by atoms with E-state index in [1.807, 2.05) is 3.88 Å². The van der Waals surface area contributed by atoms with E-state index in [4.69, 9.17) is 0 Å². The van der Waals surface area contributed by atoms with E-state index in [0.29, 0.717) is 0 Å². The molecule has 0 nitrogen and oxygen atoms in total. The molecule has 2 aromatic rings. The van der Waals surface area contributed by atoms with Crippen LogP contribution in [0.15, 0.2) is 70.1 Å². The van der Waals surface area contributed by atoms with E-state index in [9.17, 15) is 0 Å². The molecule has 1 aliphatic heterocycles. The Morgan fingerprint density at radius 3 is 1.89 bits per heavy atom. The number of hydrogen-bond acceptors (Lipinski definition) is 0. The van der Waals surface area contributed by atoms with Crippen LogP contribution in [0.5, 0.6) is 0 Å². The molecular formula is C24H28Cl2Ti. The van der Waals surface area contributed by atoms with Crippen LogP contribution in [0, 0.1) is 5.92 Å². The van der Waals surface area contributed by atoms with Crippen molar-refractivity contribution in [3.05, 3.63) is 81.3 Å². The Balaban J connectivity index is 0.00000105. The van der Waals surface area contributed by atoms with Gasteiger partial charge in [-0.05, 0) is 0 Å². The minimum Gasteiger partial charge on any atom is -0.147 e. The predicted octanol–water partition coefficient (Wildman–Crippen LogP) is 7.86. The molecule has 0 bridgehead atoms. The molecule has 5 rings (SSSR count). The summed E-state index contributed by atoms with van der Waals surface area (Å²) in [6.07, 6.45) is 7.48. The number of fused-ring (bicyclic) bond motifs is 3. The first-order valence-corrected chi connectivity index (χ1v) is 13.8. The summed E-state index contributed by atoms with van der Waals surface area (Å²) in [5.74, 6) is 0.734. The summed E-state index contributed by atoms with van der Waals surface area (Å²) in [5, 5.41) is 0. The van der Waals surface area contributed by atoms with Crippen LogP contribution in [0.1, 0.15) is 42.0 Å². The van der Waals surface area contributed by atoms with E-state index in [1.54, 1.807) is 16.7 Å². The smallest absolute Gasteiger partial charge is 0.147 e. The molecule has 0 spiro atoms. The Labute approximate surface area is 179 Å². The summed E-state index contributed by atoms with van der Waals surface area (Å²) in [7, 11) is 0. The fourth-order valence-electron chi connectivity index (χ4n) is 5.59. The third-order valence-electron chi connectivity index (χ3n) is 6.78. The SMILES string of the molecule is CCC1=[C]([Ti]2([CH]3c4ccccc4-c4ccccc43)[CH2][CH2]2)C(CC)C=C1.Cl.Cl. The first kappa shape index (κ1) is 20.9. The van der Waals surface area contributed by atoms with Gasteiger partial charge in [0.25, 0.3) is 0 Å². The monoisotopic (exact) mass is 434 g/mol. The van der Waals surface area contributed by atoms with E-state index in [0.717, 1.165) is 10.1 Å². The molecule has 3 heteroatoms. The molecule has 0 aromatic heterocycles. The van der Waals surface area contributed by atoms with E-state index in [1.165, 1.54) is 33.4 Å². The third-order valence-corrected chi connectivity index (χ3v) is 14.7. The molecular weight excluding hydrogens is 407 g/mol. The van der Waals surface area contributed by atoms with E-state index in [-0.39, 0.29) is 24.8 Å². The number of hydrogen-bond donors (Lipinski definition) is 0. The Kier molecular flexibility index (Phi) is 6.14. The zero-order chi connectivity index (χ0) is 17.0. The fraction of sp³-hybridized carbons (Fsp3) is 0.333. The van der Waals surface area contributed by atoms with Crippen molar-refractivity contribution in [1.82, 2.24) is 0 Å². The molecule has 0 saturated carbocycles. The molecule has 27 heavy (non-hydrogen) atoms. The second-order valence-electron chi connectivity index (χ2n) is 7.93. The topological polar surface area (TPSA) is 0 Å². The summed E-state index contributed by atoms with van der Waals surface area (Å²) in [5.41, 5.74) is 8.01. The van der Waals surface area contributed by atoms with Crippen molar-refractivity contribution >= 4 is 24.8 Å². The molecule has 2 aliphatic carbocycles. The summed E-state index contributed by atoms with van der Waals surface area (Å²) in [4.78, 5) is 0. The standard InChI is InChI=1S/C13H9.C9H13.C2H4.2ClH.Ti/c1-3-7-12-10(5-1)9-11-6-2-4-8-13(11)12;1-3-8-5-6-9(4-2)7-8;1-2;;;/h1-9H;5-6,8H,3-4H2,1-2H3;1-2H2;2*1H;. The molecule has 0 radical (unpaired) electrons. The summed E-state index contributed by atoms with van der Waals surface area (Å²) < 4.78 is 5.76. The minimum absolute atomic E-state index is 0. The van der Waals surface area contributed by atoms with Crippen LogP contribution in [0.4, 0.5) is 0 Å². The van der Waals surface area contributed by atoms with Gasteiger partial charge < -0.3 is 0 Å². The number of rotatable bonds is 4. The van der Waals surface area contributed by atoms with Gasteiger partial charge in [-0.2, -0.15) is 0 Å². The second-order valence-corrected chi connectivity index (χ2v) is 14.8. The molecule has 2 aromatic carbocycles. The number of benzene rings is 2. The Bertz CT molecular complexity index is 863. The fourth-order valence-corrected chi connectivity index (χ4v) is 15.6. The van der Waals surface area contributed by atoms with Crippen molar-refractivity contribution in [2.75, 3.05) is 0 Å². The van der Waals surface area contributed by atoms with Crippen LogP contribution < -0.4 is 0 Å². The van der Waals surface area contributed by atoms with Gasteiger partial charge in [-0.1, -0.05) is 0 Å². The number of allylic oxidation sites excluding steroid dienone is 4. The van der Waals surface area contributed by atoms with Gasteiger partial charge in [0.05, 0.1) is 0 Å². The van der Waals surface area contributed by atoms with Crippen molar-refractivity contribution in [1.29, 1.82) is 0 Å². The van der Waals surface area contributed by atoms with Gasteiger partial charge in [0, 0.05) is 0 Å². The van der Waals surface area contributed by atoms with Gasteiger partial charge >= 0.3 is 155 Å². The summed E-state index contributed by atoms with van der Waals surface area (Å²) in [6, 6.07) is 18.5. The van der Waals surface area contributed by atoms with Crippen LogP contribution in [0.2, 0.25) is 9.45 Å². The largest absolute Gasteiger partial charge is 0.147 e. The van der Waals surface area contributed by atoms with Gasteiger partial charge in [-0.3, -0.25) is 0 Å². The molecule has 1 unspecified atom stereocenters. The minimum atomic E-state index is -2.07. The first-order chi connectivity index (χ1) is 12.3. The second kappa shape index (κ2) is 7.92. The zero-order valence-electron chi connectivity index (χ0n) is 16.1. The first-order valence-electron chi connectivity index (χ1n) is 9.90. The molecule has 142 valence electrons.